The predicted molar refractivity (Wildman–Crippen MR) is 62.3 cm³/mol. The molecule has 0 radical (unpaired) electrons. The average Bonchev–Trinajstić information content (AvgIpc) is 2.39. The van der Waals surface area contributed by atoms with Crippen LogP contribution in [0.3, 0.4) is 0 Å². The lowest BCUT2D eigenvalue weighted by Crippen LogP contribution is -2.31. The normalized spacial score (nSPS) is 23.0. The molecule has 0 aliphatic carbocycles. The van der Waals surface area contributed by atoms with Crippen molar-refractivity contribution in [2.75, 3.05) is 19.6 Å². The molecular weight excluding hydrogens is 172 g/mol. The van der Waals surface area contributed by atoms with E-state index >= 15 is 0 Å². The summed E-state index contributed by atoms with van der Waals surface area (Å²) in [6.45, 7) is 7.85. The molecule has 0 amide bonds. The van der Waals surface area contributed by atoms with E-state index in [2.05, 4.69) is 24.8 Å². The Bertz CT molecular complexity index is 185. The molecular formula is C12H24N2. The van der Waals surface area contributed by atoms with Gasteiger partial charge in [0.1, 0.15) is 0 Å². The number of rotatable bonds is 3. The van der Waals surface area contributed by atoms with Crippen LogP contribution in [0.1, 0.15) is 39.5 Å². The Kier molecular flexibility index (Phi) is 5.20. The van der Waals surface area contributed by atoms with Gasteiger partial charge in [-0.1, -0.05) is 11.6 Å². The first-order valence-corrected chi connectivity index (χ1v) is 5.86. The molecule has 14 heavy (non-hydrogen) atoms. The van der Waals surface area contributed by atoms with E-state index in [9.17, 15) is 0 Å². The van der Waals surface area contributed by atoms with E-state index in [-0.39, 0.29) is 0 Å². The molecule has 0 unspecified atom stereocenters. The smallest absolute Gasteiger partial charge is 0.00387 e. The average molecular weight is 196 g/mol. The van der Waals surface area contributed by atoms with Crippen LogP contribution in [0, 0.1) is 0 Å². The van der Waals surface area contributed by atoms with Crippen LogP contribution in [0.15, 0.2) is 11.6 Å². The van der Waals surface area contributed by atoms with E-state index in [1.807, 2.05) is 0 Å². The van der Waals surface area contributed by atoms with Crippen molar-refractivity contribution in [2.24, 2.45) is 5.73 Å². The van der Waals surface area contributed by atoms with Crippen molar-refractivity contribution in [3.8, 4) is 0 Å². The van der Waals surface area contributed by atoms with Crippen LogP contribution < -0.4 is 5.73 Å². The fourth-order valence-electron chi connectivity index (χ4n) is 2.04. The number of likely N-dealkylation sites (tertiary alicyclic amines) is 1. The van der Waals surface area contributed by atoms with Crippen LogP contribution in [-0.2, 0) is 0 Å². The Hall–Kier alpha value is -0.340. The molecule has 82 valence electrons. The van der Waals surface area contributed by atoms with E-state index in [1.165, 1.54) is 32.4 Å². The summed E-state index contributed by atoms with van der Waals surface area (Å²) < 4.78 is 0. The van der Waals surface area contributed by atoms with Crippen molar-refractivity contribution in [1.29, 1.82) is 0 Å². The maximum atomic E-state index is 5.51. The Balaban J connectivity index is 2.40. The largest absolute Gasteiger partial charge is 0.330 e. The summed E-state index contributed by atoms with van der Waals surface area (Å²) in [5.74, 6) is 0. The van der Waals surface area contributed by atoms with E-state index in [1.54, 1.807) is 5.57 Å². The second kappa shape index (κ2) is 6.20. The van der Waals surface area contributed by atoms with Gasteiger partial charge >= 0.3 is 0 Å². The van der Waals surface area contributed by atoms with Gasteiger partial charge in [0.15, 0.2) is 0 Å². The van der Waals surface area contributed by atoms with Gasteiger partial charge in [0.2, 0.25) is 0 Å². The van der Waals surface area contributed by atoms with Crippen LogP contribution in [-0.4, -0.2) is 30.6 Å². The van der Waals surface area contributed by atoms with E-state index < -0.39 is 0 Å². The van der Waals surface area contributed by atoms with Gasteiger partial charge in [0.25, 0.3) is 0 Å². The van der Waals surface area contributed by atoms with Crippen molar-refractivity contribution in [1.82, 2.24) is 4.90 Å². The zero-order chi connectivity index (χ0) is 10.4. The molecule has 2 heteroatoms. The summed E-state index contributed by atoms with van der Waals surface area (Å²) in [7, 11) is 0. The summed E-state index contributed by atoms with van der Waals surface area (Å²) in [5, 5.41) is 0. The Morgan fingerprint density at radius 2 is 2.14 bits per heavy atom. The maximum absolute atomic E-state index is 5.51. The van der Waals surface area contributed by atoms with Gasteiger partial charge in [-0.05, 0) is 52.6 Å². The van der Waals surface area contributed by atoms with Gasteiger partial charge < -0.3 is 10.6 Å². The van der Waals surface area contributed by atoms with E-state index in [4.69, 9.17) is 5.73 Å². The highest BCUT2D eigenvalue weighted by molar-refractivity contribution is 5.04. The predicted octanol–water partition coefficient (Wildman–Crippen LogP) is 2.16. The Morgan fingerprint density at radius 3 is 2.79 bits per heavy atom. The van der Waals surface area contributed by atoms with Crippen LogP contribution >= 0.6 is 0 Å². The number of nitrogens with two attached hydrogens (primary N) is 1. The van der Waals surface area contributed by atoms with Crippen molar-refractivity contribution >= 4 is 0 Å². The molecule has 1 heterocycles. The first-order chi connectivity index (χ1) is 6.74. The van der Waals surface area contributed by atoms with Crippen LogP contribution in [0.2, 0.25) is 0 Å². The third kappa shape index (κ3) is 3.81. The lowest BCUT2D eigenvalue weighted by atomic mass is 10.1. The molecule has 2 N–H and O–H groups in total. The Morgan fingerprint density at radius 1 is 1.36 bits per heavy atom. The monoisotopic (exact) mass is 196 g/mol. The van der Waals surface area contributed by atoms with Gasteiger partial charge in [-0.2, -0.15) is 0 Å². The quantitative estimate of drug-likeness (QED) is 0.701. The Labute approximate surface area is 88.2 Å². The number of hydrogen-bond acceptors (Lipinski definition) is 2. The standard InChI is InChI=1S/C12H24N2/c1-11(2)14-9-4-6-12(7-10-14)5-3-8-13/h5,11H,3-4,6-10,13H2,1-2H3/b12-5+. The maximum Gasteiger partial charge on any atom is 0.00387 e. The minimum absolute atomic E-state index is 0.698. The van der Waals surface area contributed by atoms with E-state index in [0.29, 0.717) is 6.04 Å². The third-order valence-electron chi connectivity index (χ3n) is 2.99. The second-order valence-electron chi connectivity index (χ2n) is 4.42. The van der Waals surface area contributed by atoms with Gasteiger partial charge in [0, 0.05) is 12.6 Å². The summed E-state index contributed by atoms with van der Waals surface area (Å²) in [4.78, 5) is 2.57. The summed E-state index contributed by atoms with van der Waals surface area (Å²) in [6.07, 6.45) is 7.25. The molecule has 0 spiro atoms. The molecule has 1 aliphatic rings. The molecule has 0 aromatic carbocycles. The summed E-state index contributed by atoms with van der Waals surface area (Å²) in [5.41, 5.74) is 7.13. The van der Waals surface area contributed by atoms with Crippen molar-refractivity contribution in [3.05, 3.63) is 11.6 Å². The molecule has 0 aromatic rings. The van der Waals surface area contributed by atoms with E-state index in [0.717, 1.165) is 13.0 Å². The SMILES string of the molecule is CC(C)N1CCC/C(=C\CCN)CC1. The number of hydrogen-bond donors (Lipinski definition) is 1. The first-order valence-electron chi connectivity index (χ1n) is 5.86. The molecule has 0 aromatic heterocycles. The minimum atomic E-state index is 0.698. The highest BCUT2D eigenvalue weighted by Crippen LogP contribution is 2.18. The fourth-order valence-corrected chi connectivity index (χ4v) is 2.04. The zero-order valence-corrected chi connectivity index (χ0v) is 9.63. The molecule has 0 saturated carbocycles. The molecule has 2 nitrogen and oxygen atoms in total. The molecule has 1 saturated heterocycles. The summed E-state index contributed by atoms with van der Waals surface area (Å²) in [6, 6.07) is 0.698. The molecule has 1 rings (SSSR count). The topological polar surface area (TPSA) is 29.3 Å². The minimum Gasteiger partial charge on any atom is -0.330 e. The van der Waals surface area contributed by atoms with Gasteiger partial charge in [0.05, 0.1) is 0 Å². The lowest BCUT2D eigenvalue weighted by molar-refractivity contribution is 0.232. The van der Waals surface area contributed by atoms with Crippen LogP contribution in [0.25, 0.3) is 0 Å². The van der Waals surface area contributed by atoms with Gasteiger partial charge in [-0.25, -0.2) is 0 Å². The zero-order valence-electron chi connectivity index (χ0n) is 9.63. The molecule has 1 aliphatic heterocycles. The first kappa shape index (κ1) is 11.7. The highest BCUT2D eigenvalue weighted by atomic mass is 15.1. The summed E-state index contributed by atoms with van der Waals surface area (Å²) >= 11 is 0. The third-order valence-corrected chi connectivity index (χ3v) is 2.99. The van der Waals surface area contributed by atoms with Crippen LogP contribution in [0.5, 0.6) is 0 Å². The second-order valence-corrected chi connectivity index (χ2v) is 4.42. The number of nitrogens with zero attached hydrogens (tertiary/aromatic N) is 1. The van der Waals surface area contributed by atoms with Crippen LogP contribution in [0.4, 0.5) is 0 Å². The van der Waals surface area contributed by atoms with Gasteiger partial charge in [-0.3, -0.25) is 0 Å². The molecule has 0 atom stereocenters. The molecule has 1 fully saturated rings. The van der Waals surface area contributed by atoms with Crippen molar-refractivity contribution in [3.63, 3.8) is 0 Å². The van der Waals surface area contributed by atoms with Gasteiger partial charge in [-0.15, -0.1) is 0 Å². The van der Waals surface area contributed by atoms with Crippen molar-refractivity contribution < 1.29 is 0 Å². The lowest BCUT2D eigenvalue weighted by Gasteiger charge is -2.23. The molecule has 0 bridgehead atoms. The van der Waals surface area contributed by atoms with Crippen molar-refractivity contribution in [2.45, 2.75) is 45.6 Å². The fraction of sp³-hybridized carbons (Fsp3) is 0.833. The highest BCUT2D eigenvalue weighted by Gasteiger charge is 2.13.